The number of hydrogen-bond donors (Lipinski definition) is 1. The number of rotatable bonds is 4. The Kier molecular flexibility index (Phi) is 6.51. The number of carbonyl (C=O) groups excluding carboxylic acids is 1. The molecule has 23 heavy (non-hydrogen) atoms. The van der Waals surface area contributed by atoms with Gasteiger partial charge >= 0.3 is 6.09 Å². The van der Waals surface area contributed by atoms with Crippen LogP contribution in [0, 0.1) is 5.92 Å². The first-order chi connectivity index (χ1) is 10.9. The van der Waals surface area contributed by atoms with E-state index in [9.17, 15) is 4.79 Å². The van der Waals surface area contributed by atoms with Gasteiger partial charge in [-0.2, -0.15) is 0 Å². The van der Waals surface area contributed by atoms with E-state index in [4.69, 9.17) is 4.74 Å². The fraction of sp³-hybridized carbons (Fsp3) is 0.842. The van der Waals surface area contributed by atoms with Crippen LogP contribution in [0.4, 0.5) is 4.79 Å². The zero-order valence-electron chi connectivity index (χ0n) is 15.4. The van der Waals surface area contributed by atoms with Gasteiger partial charge in [-0.25, -0.2) is 4.79 Å². The maximum Gasteiger partial charge on any atom is 0.410 e. The van der Waals surface area contributed by atoms with E-state index < -0.39 is 5.60 Å². The lowest BCUT2D eigenvalue weighted by Crippen LogP contribution is -2.41. The largest absolute Gasteiger partial charge is 0.444 e. The van der Waals surface area contributed by atoms with E-state index >= 15 is 0 Å². The molecule has 1 amide bonds. The van der Waals surface area contributed by atoms with Gasteiger partial charge in [0.05, 0.1) is 0 Å². The minimum atomic E-state index is -0.417. The lowest BCUT2D eigenvalue weighted by Gasteiger charge is -2.28. The molecule has 0 aromatic rings. The first-order valence-corrected chi connectivity index (χ1v) is 9.31. The number of ether oxygens (including phenoxy) is 1. The number of allylic oxidation sites excluding steroid dienone is 1. The molecular formula is C19H34N2O2. The minimum Gasteiger partial charge on any atom is -0.444 e. The molecule has 4 nitrogen and oxygen atoms in total. The summed E-state index contributed by atoms with van der Waals surface area (Å²) >= 11 is 0. The molecule has 1 heterocycles. The van der Waals surface area contributed by atoms with Crippen LogP contribution in [0.5, 0.6) is 0 Å². The van der Waals surface area contributed by atoms with Gasteiger partial charge in [0, 0.05) is 19.1 Å². The van der Waals surface area contributed by atoms with Crippen molar-refractivity contribution in [3.8, 4) is 0 Å². The van der Waals surface area contributed by atoms with Gasteiger partial charge in [0.25, 0.3) is 0 Å². The SMILES string of the molecule is CCNC(C1=CCCCCC1)C1CCN(C(=O)OC(C)(C)C)C1. The minimum absolute atomic E-state index is 0.162. The smallest absolute Gasteiger partial charge is 0.410 e. The van der Waals surface area contributed by atoms with E-state index in [1.807, 2.05) is 25.7 Å². The van der Waals surface area contributed by atoms with E-state index in [2.05, 4.69) is 18.3 Å². The highest BCUT2D eigenvalue weighted by atomic mass is 16.6. The predicted molar refractivity (Wildman–Crippen MR) is 94.5 cm³/mol. The zero-order chi connectivity index (χ0) is 16.9. The molecule has 0 aromatic heterocycles. The molecular weight excluding hydrogens is 288 g/mol. The molecule has 2 rings (SSSR count). The highest BCUT2D eigenvalue weighted by molar-refractivity contribution is 5.68. The van der Waals surface area contributed by atoms with Crippen molar-refractivity contribution < 1.29 is 9.53 Å². The molecule has 0 aromatic carbocycles. The lowest BCUT2D eigenvalue weighted by atomic mass is 9.89. The van der Waals surface area contributed by atoms with E-state index in [0.29, 0.717) is 12.0 Å². The van der Waals surface area contributed by atoms with Crippen molar-refractivity contribution in [3.05, 3.63) is 11.6 Å². The number of nitrogens with one attached hydrogen (secondary N) is 1. The van der Waals surface area contributed by atoms with Crippen LogP contribution in [-0.2, 0) is 4.74 Å². The Balaban J connectivity index is 1.98. The second kappa shape index (κ2) is 8.18. The molecule has 132 valence electrons. The van der Waals surface area contributed by atoms with Crippen LogP contribution in [0.2, 0.25) is 0 Å². The molecule has 0 radical (unpaired) electrons. The van der Waals surface area contributed by atoms with Gasteiger partial charge in [0.1, 0.15) is 5.60 Å². The number of hydrogen-bond acceptors (Lipinski definition) is 3. The van der Waals surface area contributed by atoms with Crippen molar-refractivity contribution >= 4 is 6.09 Å². The Morgan fingerprint density at radius 1 is 1.39 bits per heavy atom. The summed E-state index contributed by atoms with van der Waals surface area (Å²) in [6.07, 6.45) is 9.73. The summed E-state index contributed by atoms with van der Waals surface area (Å²) in [5, 5.41) is 3.68. The molecule has 0 saturated carbocycles. The molecule has 2 atom stereocenters. The molecule has 1 N–H and O–H groups in total. The van der Waals surface area contributed by atoms with Crippen molar-refractivity contribution in [1.29, 1.82) is 0 Å². The van der Waals surface area contributed by atoms with Gasteiger partial charge in [0.15, 0.2) is 0 Å². The Morgan fingerprint density at radius 3 is 2.87 bits per heavy atom. The number of likely N-dealkylation sites (N-methyl/N-ethyl adjacent to an activating group) is 1. The van der Waals surface area contributed by atoms with Crippen LogP contribution in [-0.4, -0.2) is 42.3 Å². The fourth-order valence-corrected chi connectivity index (χ4v) is 3.69. The fourth-order valence-electron chi connectivity index (χ4n) is 3.69. The molecule has 1 fully saturated rings. The van der Waals surface area contributed by atoms with Gasteiger partial charge < -0.3 is 15.0 Å². The predicted octanol–water partition coefficient (Wildman–Crippen LogP) is 4.11. The second-order valence-corrected chi connectivity index (χ2v) is 7.89. The van der Waals surface area contributed by atoms with Crippen molar-refractivity contribution in [2.24, 2.45) is 5.92 Å². The third-order valence-corrected chi connectivity index (χ3v) is 4.75. The number of amides is 1. The lowest BCUT2D eigenvalue weighted by molar-refractivity contribution is 0.0286. The van der Waals surface area contributed by atoms with Crippen LogP contribution in [0.15, 0.2) is 11.6 Å². The van der Waals surface area contributed by atoms with Gasteiger partial charge in [0.2, 0.25) is 0 Å². The Morgan fingerprint density at radius 2 is 2.17 bits per heavy atom. The highest BCUT2D eigenvalue weighted by Gasteiger charge is 2.35. The van der Waals surface area contributed by atoms with Crippen LogP contribution >= 0.6 is 0 Å². The van der Waals surface area contributed by atoms with Gasteiger partial charge in [-0.3, -0.25) is 0 Å². The summed E-state index contributed by atoms with van der Waals surface area (Å²) in [6, 6.07) is 0.422. The first-order valence-electron chi connectivity index (χ1n) is 9.31. The molecule has 1 aliphatic carbocycles. The molecule has 4 heteroatoms. The number of likely N-dealkylation sites (tertiary alicyclic amines) is 1. The highest BCUT2D eigenvalue weighted by Crippen LogP contribution is 2.29. The Hall–Kier alpha value is -1.03. The van der Waals surface area contributed by atoms with Crippen LogP contribution in [0.25, 0.3) is 0 Å². The van der Waals surface area contributed by atoms with Crippen LogP contribution in [0.1, 0.15) is 66.2 Å². The summed E-state index contributed by atoms with van der Waals surface area (Å²) < 4.78 is 5.53. The van der Waals surface area contributed by atoms with Crippen LogP contribution < -0.4 is 5.32 Å². The quantitative estimate of drug-likeness (QED) is 0.792. The zero-order valence-corrected chi connectivity index (χ0v) is 15.4. The summed E-state index contributed by atoms with van der Waals surface area (Å²) in [5.74, 6) is 0.506. The molecule has 2 unspecified atom stereocenters. The van der Waals surface area contributed by atoms with E-state index in [-0.39, 0.29) is 6.09 Å². The summed E-state index contributed by atoms with van der Waals surface area (Å²) in [7, 11) is 0. The first kappa shape index (κ1) is 18.3. The topological polar surface area (TPSA) is 41.6 Å². The second-order valence-electron chi connectivity index (χ2n) is 7.89. The van der Waals surface area contributed by atoms with Crippen molar-refractivity contribution in [3.63, 3.8) is 0 Å². The third kappa shape index (κ3) is 5.52. The van der Waals surface area contributed by atoms with Crippen molar-refractivity contribution in [2.75, 3.05) is 19.6 Å². The van der Waals surface area contributed by atoms with Gasteiger partial charge in [-0.05, 0) is 65.3 Å². The summed E-state index contributed by atoms with van der Waals surface area (Å²) in [5.41, 5.74) is 1.15. The average molecular weight is 322 g/mol. The monoisotopic (exact) mass is 322 g/mol. The standard InChI is InChI=1S/C19H34N2O2/c1-5-20-17(15-10-8-6-7-9-11-15)16-12-13-21(14-16)18(22)23-19(2,3)4/h10,16-17,20H,5-9,11-14H2,1-4H3. The van der Waals surface area contributed by atoms with Crippen molar-refractivity contribution in [1.82, 2.24) is 10.2 Å². The van der Waals surface area contributed by atoms with E-state index in [1.54, 1.807) is 5.57 Å². The van der Waals surface area contributed by atoms with Gasteiger partial charge in [-0.15, -0.1) is 0 Å². The molecule has 0 bridgehead atoms. The maximum atomic E-state index is 12.3. The Labute approximate surface area is 141 Å². The number of carbonyl (C=O) groups is 1. The van der Waals surface area contributed by atoms with Gasteiger partial charge in [-0.1, -0.05) is 25.0 Å². The third-order valence-electron chi connectivity index (χ3n) is 4.75. The Bertz CT molecular complexity index is 426. The molecule has 0 spiro atoms. The average Bonchev–Trinajstić information content (AvgIpc) is 2.79. The molecule has 1 aliphatic heterocycles. The normalized spacial score (nSPS) is 24.1. The number of nitrogens with zero attached hydrogens (tertiary/aromatic N) is 1. The van der Waals surface area contributed by atoms with Crippen molar-refractivity contribution in [2.45, 2.75) is 77.9 Å². The molecule has 2 aliphatic rings. The van der Waals surface area contributed by atoms with E-state index in [0.717, 1.165) is 26.1 Å². The summed E-state index contributed by atoms with van der Waals surface area (Å²) in [4.78, 5) is 14.2. The van der Waals surface area contributed by atoms with E-state index in [1.165, 1.54) is 32.1 Å². The maximum absolute atomic E-state index is 12.3. The van der Waals surface area contributed by atoms with Crippen LogP contribution in [0.3, 0.4) is 0 Å². The molecule has 1 saturated heterocycles. The summed E-state index contributed by atoms with van der Waals surface area (Å²) in [6.45, 7) is 10.6.